The van der Waals surface area contributed by atoms with E-state index in [1.165, 1.54) is 0 Å². The van der Waals surface area contributed by atoms with Crippen LogP contribution in [-0.4, -0.2) is 22.4 Å². The Balaban J connectivity index is 2.09. The molecule has 0 aliphatic rings. The highest BCUT2D eigenvalue weighted by Crippen LogP contribution is 2.15. The number of esters is 1. The van der Waals surface area contributed by atoms with Crippen molar-refractivity contribution in [1.82, 2.24) is 9.78 Å². The quantitative estimate of drug-likeness (QED) is 0.776. The van der Waals surface area contributed by atoms with Gasteiger partial charge in [-0.2, -0.15) is 5.10 Å². The molecular weight excluding hydrogens is 228 g/mol. The molecule has 0 spiro atoms. The fourth-order valence-corrected chi connectivity index (χ4v) is 1.78. The highest BCUT2D eigenvalue weighted by molar-refractivity contribution is 5.81. The molecular formula is C14H16N2O2. The lowest BCUT2D eigenvalue weighted by atomic mass is 10.1. The smallest absolute Gasteiger partial charge is 0.309 e. The van der Waals surface area contributed by atoms with Crippen LogP contribution in [0.15, 0.2) is 30.5 Å². The van der Waals surface area contributed by atoms with Gasteiger partial charge in [0.2, 0.25) is 0 Å². The molecule has 0 radical (unpaired) electrons. The number of carbonyl (C=O) groups excluding carboxylic acids is 1. The summed E-state index contributed by atoms with van der Waals surface area (Å²) in [7, 11) is 1.91. The minimum atomic E-state index is -0.199. The van der Waals surface area contributed by atoms with E-state index in [1.54, 1.807) is 6.92 Å². The second kappa shape index (κ2) is 5.49. The molecule has 0 amide bonds. The van der Waals surface area contributed by atoms with E-state index in [0.717, 1.165) is 16.5 Å². The minimum absolute atomic E-state index is 0.199. The highest BCUT2D eigenvalue weighted by Gasteiger charge is 2.00. The van der Waals surface area contributed by atoms with Crippen molar-refractivity contribution < 1.29 is 9.53 Å². The van der Waals surface area contributed by atoms with Crippen molar-refractivity contribution in [3.05, 3.63) is 36.0 Å². The summed E-state index contributed by atoms with van der Waals surface area (Å²) in [6.07, 6.45) is 5.87. The van der Waals surface area contributed by atoms with Gasteiger partial charge in [-0.25, -0.2) is 0 Å². The molecule has 18 heavy (non-hydrogen) atoms. The van der Waals surface area contributed by atoms with Gasteiger partial charge in [0.25, 0.3) is 0 Å². The van der Waals surface area contributed by atoms with E-state index in [9.17, 15) is 4.79 Å². The summed E-state index contributed by atoms with van der Waals surface area (Å²) < 4.78 is 6.68. The van der Waals surface area contributed by atoms with Gasteiger partial charge < -0.3 is 4.74 Å². The number of rotatable bonds is 4. The molecule has 0 aliphatic heterocycles. The molecule has 1 heterocycles. The Bertz CT molecular complexity index is 584. The molecule has 2 rings (SSSR count). The summed E-state index contributed by atoms with van der Waals surface area (Å²) >= 11 is 0. The molecule has 0 atom stereocenters. The average molecular weight is 244 g/mol. The third-order valence-corrected chi connectivity index (χ3v) is 2.67. The summed E-state index contributed by atoms with van der Waals surface area (Å²) in [5.74, 6) is -0.199. The van der Waals surface area contributed by atoms with E-state index in [4.69, 9.17) is 4.74 Å². The SMILES string of the molecule is CCOC(=O)CC=Cc1ccc2cnn(C)c2c1. The fourth-order valence-electron chi connectivity index (χ4n) is 1.78. The Kier molecular flexibility index (Phi) is 3.77. The number of ether oxygens (including phenoxy) is 1. The number of carbonyl (C=O) groups is 1. The van der Waals surface area contributed by atoms with E-state index in [2.05, 4.69) is 5.10 Å². The molecule has 4 heteroatoms. The van der Waals surface area contributed by atoms with Gasteiger partial charge in [0.1, 0.15) is 0 Å². The van der Waals surface area contributed by atoms with Gasteiger partial charge in [0.05, 0.1) is 24.7 Å². The summed E-state index contributed by atoms with van der Waals surface area (Å²) in [6, 6.07) is 6.07. The predicted octanol–water partition coefficient (Wildman–Crippen LogP) is 2.54. The van der Waals surface area contributed by atoms with Crippen molar-refractivity contribution in [2.45, 2.75) is 13.3 Å². The normalized spacial score (nSPS) is 11.2. The maximum atomic E-state index is 11.2. The van der Waals surface area contributed by atoms with Gasteiger partial charge in [-0.15, -0.1) is 0 Å². The van der Waals surface area contributed by atoms with Crippen LogP contribution in [0.25, 0.3) is 17.0 Å². The van der Waals surface area contributed by atoms with E-state index in [0.29, 0.717) is 13.0 Å². The molecule has 1 aromatic carbocycles. The van der Waals surface area contributed by atoms with Crippen LogP contribution < -0.4 is 0 Å². The number of hydrogen-bond acceptors (Lipinski definition) is 3. The second-order valence-electron chi connectivity index (χ2n) is 4.00. The van der Waals surface area contributed by atoms with Crippen LogP contribution >= 0.6 is 0 Å². The summed E-state index contributed by atoms with van der Waals surface area (Å²) in [5.41, 5.74) is 2.13. The van der Waals surface area contributed by atoms with E-state index in [-0.39, 0.29) is 5.97 Å². The molecule has 0 saturated heterocycles. The van der Waals surface area contributed by atoms with E-state index in [1.807, 2.05) is 48.3 Å². The number of nitrogens with zero attached hydrogens (tertiary/aromatic N) is 2. The number of benzene rings is 1. The van der Waals surface area contributed by atoms with Crippen LogP contribution in [0.4, 0.5) is 0 Å². The first-order valence-corrected chi connectivity index (χ1v) is 5.94. The standard InChI is InChI=1S/C14H16N2O2/c1-3-18-14(17)6-4-5-11-7-8-12-10-15-16(2)13(12)9-11/h4-5,7-10H,3,6H2,1-2H3. The van der Waals surface area contributed by atoms with Crippen molar-refractivity contribution in [2.75, 3.05) is 6.61 Å². The van der Waals surface area contributed by atoms with Gasteiger partial charge in [-0.1, -0.05) is 24.3 Å². The Morgan fingerprint density at radius 3 is 3.11 bits per heavy atom. The van der Waals surface area contributed by atoms with E-state index < -0.39 is 0 Å². The topological polar surface area (TPSA) is 44.1 Å². The summed E-state index contributed by atoms with van der Waals surface area (Å²) in [5, 5.41) is 5.30. The van der Waals surface area contributed by atoms with Gasteiger partial charge >= 0.3 is 5.97 Å². The van der Waals surface area contributed by atoms with Crippen LogP contribution in [0, 0.1) is 0 Å². The highest BCUT2D eigenvalue weighted by atomic mass is 16.5. The van der Waals surface area contributed by atoms with Crippen LogP contribution in [0.3, 0.4) is 0 Å². The van der Waals surface area contributed by atoms with Gasteiger partial charge in [-0.3, -0.25) is 9.48 Å². The zero-order valence-corrected chi connectivity index (χ0v) is 10.6. The van der Waals surface area contributed by atoms with Crippen molar-refractivity contribution in [3.63, 3.8) is 0 Å². The first-order chi connectivity index (χ1) is 8.70. The number of fused-ring (bicyclic) bond motifs is 1. The van der Waals surface area contributed by atoms with Crippen LogP contribution in [0.2, 0.25) is 0 Å². The fraction of sp³-hybridized carbons (Fsp3) is 0.286. The first kappa shape index (κ1) is 12.4. The number of hydrogen-bond donors (Lipinski definition) is 0. The largest absolute Gasteiger partial charge is 0.466 e. The van der Waals surface area contributed by atoms with Crippen molar-refractivity contribution in [1.29, 1.82) is 0 Å². The van der Waals surface area contributed by atoms with Crippen molar-refractivity contribution in [3.8, 4) is 0 Å². The first-order valence-electron chi connectivity index (χ1n) is 5.94. The molecule has 94 valence electrons. The monoisotopic (exact) mass is 244 g/mol. The molecule has 1 aromatic heterocycles. The van der Waals surface area contributed by atoms with Crippen molar-refractivity contribution >= 4 is 22.9 Å². The summed E-state index contributed by atoms with van der Waals surface area (Å²) in [6.45, 7) is 2.23. The Hall–Kier alpha value is -2.10. The maximum absolute atomic E-state index is 11.2. The molecule has 0 bridgehead atoms. The lowest BCUT2D eigenvalue weighted by molar-refractivity contribution is -0.142. The zero-order chi connectivity index (χ0) is 13.0. The third-order valence-electron chi connectivity index (χ3n) is 2.67. The van der Waals surface area contributed by atoms with Gasteiger partial charge in [0.15, 0.2) is 0 Å². The lowest BCUT2D eigenvalue weighted by Crippen LogP contribution is -2.01. The number of aromatic nitrogens is 2. The van der Waals surface area contributed by atoms with Crippen LogP contribution in [-0.2, 0) is 16.6 Å². The van der Waals surface area contributed by atoms with Crippen molar-refractivity contribution in [2.24, 2.45) is 7.05 Å². The Morgan fingerprint density at radius 2 is 2.33 bits per heavy atom. The number of aryl methyl sites for hydroxylation is 1. The maximum Gasteiger partial charge on any atom is 0.309 e. The van der Waals surface area contributed by atoms with Gasteiger partial charge in [0, 0.05) is 12.4 Å². The Labute approximate surface area is 106 Å². The van der Waals surface area contributed by atoms with Crippen LogP contribution in [0.5, 0.6) is 0 Å². The lowest BCUT2D eigenvalue weighted by Gasteiger charge is -1.98. The molecule has 4 nitrogen and oxygen atoms in total. The van der Waals surface area contributed by atoms with Gasteiger partial charge in [-0.05, 0) is 18.6 Å². The van der Waals surface area contributed by atoms with E-state index >= 15 is 0 Å². The minimum Gasteiger partial charge on any atom is -0.466 e. The Morgan fingerprint density at radius 1 is 1.50 bits per heavy atom. The predicted molar refractivity (Wildman–Crippen MR) is 71.0 cm³/mol. The molecule has 2 aromatic rings. The molecule has 0 unspecified atom stereocenters. The molecule has 0 aliphatic carbocycles. The van der Waals surface area contributed by atoms with Crippen LogP contribution in [0.1, 0.15) is 18.9 Å². The zero-order valence-electron chi connectivity index (χ0n) is 10.6. The summed E-state index contributed by atoms with van der Waals surface area (Å²) in [4.78, 5) is 11.2. The molecule has 0 fully saturated rings. The average Bonchev–Trinajstić information content (AvgIpc) is 2.71. The molecule has 0 N–H and O–H groups in total. The molecule has 0 saturated carbocycles. The third kappa shape index (κ3) is 2.77. The second-order valence-corrected chi connectivity index (χ2v) is 4.00.